The molecule has 20 heavy (non-hydrogen) atoms. The zero-order valence-corrected chi connectivity index (χ0v) is 11.6. The molecule has 2 aromatic rings. The predicted molar refractivity (Wildman–Crippen MR) is 72.2 cm³/mol. The third kappa shape index (κ3) is 2.66. The van der Waals surface area contributed by atoms with E-state index in [-0.39, 0.29) is 23.3 Å². The molecule has 1 unspecified atom stereocenters. The van der Waals surface area contributed by atoms with Crippen LogP contribution < -0.4 is 4.74 Å². The number of ether oxygens (including phenoxy) is 1. The maximum Gasteiger partial charge on any atom is 0.254 e. The topological polar surface area (TPSA) is 42.7 Å². The second-order valence-corrected chi connectivity index (χ2v) is 4.46. The Bertz CT molecular complexity index is 595. The standard InChI is InChI=1S/C15H16FNO3/c1-10(13-5-4-8-20-13)17(2)15(18)11-6-7-14(19-3)12(16)9-11/h4-10H,1-3H3. The molecule has 1 amide bonds. The number of nitrogens with zero attached hydrogens (tertiary/aromatic N) is 1. The summed E-state index contributed by atoms with van der Waals surface area (Å²) in [4.78, 5) is 13.8. The Labute approximate surface area is 116 Å². The third-order valence-electron chi connectivity index (χ3n) is 3.25. The molecule has 1 aromatic heterocycles. The molecule has 4 nitrogen and oxygen atoms in total. The van der Waals surface area contributed by atoms with E-state index in [2.05, 4.69) is 0 Å². The molecule has 1 heterocycles. The molecule has 0 aliphatic rings. The average molecular weight is 277 g/mol. The first kappa shape index (κ1) is 14.1. The molecule has 0 aliphatic carbocycles. The van der Waals surface area contributed by atoms with Gasteiger partial charge in [0.25, 0.3) is 5.91 Å². The fourth-order valence-corrected chi connectivity index (χ4v) is 1.90. The normalized spacial score (nSPS) is 12.0. The smallest absolute Gasteiger partial charge is 0.254 e. The number of furan rings is 1. The number of hydrogen-bond acceptors (Lipinski definition) is 3. The predicted octanol–water partition coefficient (Wildman–Crippen LogP) is 3.26. The van der Waals surface area contributed by atoms with Crippen LogP contribution >= 0.6 is 0 Å². The van der Waals surface area contributed by atoms with Gasteiger partial charge in [-0.3, -0.25) is 4.79 Å². The minimum Gasteiger partial charge on any atom is -0.494 e. The third-order valence-corrected chi connectivity index (χ3v) is 3.25. The van der Waals surface area contributed by atoms with Crippen molar-refractivity contribution >= 4 is 5.91 Å². The number of amides is 1. The highest BCUT2D eigenvalue weighted by Crippen LogP contribution is 2.23. The molecule has 0 radical (unpaired) electrons. The fourth-order valence-electron chi connectivity index (χ4n) is 1.90. The van der Waals surface area contributed by atoms with Crippen molar-refractivity contribution in [3.63, 3.8) is 0 Å². The van der Waals surface area contributed by atoms with Crippen molar-refractivity contribution in [2.75, 3.05) is 14.2 Å². The van der Waals surface area contributed by atoms with Gasteiger partial charge in [-0.2, -0.15) is 0 Å². The zero-order valence-electron chi connectivity index (χ0n) is 11.6. The summed E-state index contributed by atoms with van der Waals surface area (Å²) in [6.07, 6.45) is 1.55. The second-order valence-electron chi connectivity index (χ2n) is 4.46. The van der Waals surface area contributed by atoms with Crippen molar-refractivity contribution in [2.45, 2.75) is 13.0 Å². The summed E-state index contributed by atoms with van der Waals surface area (Å²) in [5.74, 6) is -0.0500. The Morgan fingerprint density at radius 3 is 2.70 bits per heavy atom. The van der Waals surface area contributed by atoms with Crippen LogP contribution in [0.1, 0.15) is 29.1 Å². The molecule has 0 saturated heterocycles. The maximum atomic E-state index is 13.6. The van der Waals surface area contributed by atoms with Crippen molar-refractivity contribution in [1.82, 2.24) is 4.90 Å². The molecule has 0 saturated carbocycles. The van der Waals surface area contributed by atoms with Gasteiger partial charge in [-0.05, 0) is 37.3 Å². The molecule has 0 spiro atoms. The van der Waals surface area contributed by atoms with Crippen molar-refractivity contribution in [3.8, 4) is 5.75 Å². The first-order chi connectivity index (χ1) is 9.54. The summed E-state index contributed by atoms with van der Waals surface area (Å²) in [6.45, 7) is 1.84. The molecular weight excluding hydrogens is 261 g/mol. The van der Waals surface area contributed by atoms with E-state index in [1.807, 2.05) is 6.92 Å². The average Bonchev–Trinajstić information content (AvgIpc) is 2.99. The first-order valence-electron chi connectivity index (χ1n) is 6.18. The lowest BCUT2D eigenvalue weighted by atomic mass is 10.1. The van der Waals surface area contributed by atoms with E-state index in [4.69, 9.17) is 9.15 Å². The lowest BCUT2D eigenvalue weighted by Crippen LogP contribution is -2.29. The van der Waals surface area contributed by atoms with Crippen molar-refractivity contribution in [3.05, 3.63) is 53.7 Å². The molecule has 106 valence electrons. The van der Waals surface area contributed by atoms with E-state index in [9.17, 15) is 9.18 Å². The van der Waals surface area contributed by atoms with Crippen LogP contribution in [0.4, 0.5) is 4.39 Å². The quantitative estimate of drug-likeness (QED) is 0.861. The van der Waals surface area contributed by atoms with Crippen LogP contribution in [-0.4, -0.2) is 25.0 Å². The molecule has 5 heteroatoms. The zero-order chi connectivity index (χ0) is 14.7. The van der Waals surface area contributed by atoms with Crippen molar-refractivity contribution in [2.24, 2.45) is 0 Å². The Balaban J connectivity index is 2.20. The summed E-state index contributed by atoms with van der Waals surface area (Å²) < 4.78 is 23.7. The van der Waals surface area contributed by atoms with Crippen LogP contribution in [0.3, 0.4) is 0 Å². The fraction of sp³-hybridized carbons (Fsp3) is 0.267. The highest BCUT2D eigenvalue weighted by molar-refractivity contribution is 5.94. The number of benzene rings is 1. The lowest BCUT2D eigenvalue weighted by Gasteiger charge is -2.23. The van der Waals surface area contributed by atoms with E-state index in [0.29, 0.717) is 5.76 Å². The molecule has 0 fully saturated rings. The monoisotopic (exact) mass is 277 g/mol. The molecule has 0 N–H and O–H groups in total. The van der Waals surface area contributed by atoms with Crippen LogP contribution in [0, 0.1) is 5.82 Å². The van der Waals surface area contributed by atoms with Crippen LogP contribution in [-0.2, 0) is 0 Å². The number of hydrogen-bond donors (Lipinski definition) is 0. The highest BCUT2D eigenvalue weighted by atomic mass is 19.1. The minimum absolute atomic E-state index is 0.114. The van der Waals surface area contributed by atoms with Crippen LogP contribution in [0.15, 0.2) is 41.0 Å². The van der Waals surface area contributed by atoms with Crippen LogP contribution in [0.5, 0.6) is 5.75 Å². The molecule has 0 aliphatic heterocycles. The largest absolute Gasteiger partial charge is 0.494 e. The Hall–Kier alpha value is -2.30. The van der Waals surface area contributed by atoms with Gasteiger partial charge in [-0.25, -0.2) is 4.39 Å². The number of carbonyl (C=O) groups excluding carboxylic acids is 1. The van der Waals surface area contributed by atoms with Gasteiger partial charge >= 0.3 is 0 Å². The number of carbonyl (C=O) groups is 1. The van der Waals surface area contributed by atoms with Gasteiger partial charge in [0.2, 0.25) is 0 Å². The Morgan fingerprint density at radius 1 is 1.40 bits per heavy atom. The van der Waals surface area contributed by atoms with Gasteiger partial charge in [0.15, 0.2) is 11.6 Å². The first-order valence-corrected chi connectivity index (χ1v) is 6.18. The van der Waals surface area contributed by atoms with E-state index in [1.54, 1.807) is 25.4 Å². The maximum absolute atomic E-state index is 13.6. The number of halogens is 1. The summed E-state index contributed by atoms with van der Waals surface area (Å²) in [7, 11) is 3.03. The summed E-state index contributed by atoms with van der Waals surface area (Å²) >= 11 is 0. The highest BCUT2D eigenvalue weighted by Gasteiger charge is 2.21. The van der Waals surface area contributed by atoms with Crippen molar-refractivity contribution < 1.29 is 18.3 Å². The molecular formula is C15H16FNO3. The second kappa shape index (κ2) is 5.77. The van der Waals surface area contributed by atoms with Crippen LogP contribution in [0.2, 0.25) is 0 Å². The van der Waals surface area contributed by atoms with Gasteiger partial charge < -0.3 is 14.1 Å². The van der Waals surface area contributed by atoms with Crippen molar-refractivity contribution in [1.29, 1.82) is 0 Å². The van der Waals surface area contributed by atoms with Gasteiger partial charge in [0.1, 0.15) is 5.76 Å². The van der Waals surface area contributed by atoms with E-state index >= 15 is 0 Å². The molecule has 2 rings (SSSR count). The summed E-state index contributed by atoms with van der Waals surface area (Å²) in [6, 6.07) is 7.47. The lowest BCUT2D eigenvalue weighted by molar-refractivity contribution is 0.0725. The van der Waals surface area contributed by atoms with Gasteiger partial charge in [-0.15, -0.1) is 0 Å². The molecule has 1 aromatic carbocycles. The van der Waals surface area contributed by atoms with Gasteiger partial charge in [0, 0.05) is 12.6 Å². The van der Waals surface area contributed by atoms with E-state index in [1.165, 1.54) is 30.2 Å². The number of rotatable bonds is 4. The van der Waals surface area contributed by atoms with Crippen LogP contribution in [0.25, 0.3) is 0 Å². The number of methoxy groups -OCH3 is 1. The van der Waals surface area contributed by atoms with Gasteiger partial charge in [0.05, 0.1) is 19.4 Å². The van der Waals surface area contributed by atoms with Gasteiger partial charge in [-0.1, -0.05) is 0 Å². The van der Waals surface area contributed by atoms with E-state index < -0.39 is 5.82 Å². The minimum atomic E-state index is -0.558. The summed E-state index contributed by atoms with van der Waals surface area (Å²) in [5.41, 5.74) is 0.268. The van der Waals surface area contributed by atoms with E-state index in [0.717, 1.165) is 0 Å². The SMILES string of the molecule is COc1ccc(C(=O)N(C)C(C)c2ccco2)cc1F. The summed E-state index contributed by atoms with van der Waals surface area (Å²) in [5, 5.41) is 0. The molecule has 1 atom stereocenters. The molecule has 0 bridgehead atoms. The Kier molecular flexibility index (Phi) is 4.08. The Morgan fingerprint density at radius 2 is 2.15 bits per heavy atom.